The lowest BCUT2D eigenvalue weighted by Crippen LogP contribution is -2.38. The quantitative estimate of drug-likeness (QED) is 0.372. The van der Waals surface area contributed by atoms with E-state index in [4.69, 9.17) is 4.42 Å². The fourth-order valence-corrected chi connectivity index (χ4v) is 3.11. The third-order valence-corrected chi connectivity index (χ3v) is 4.63. The maximum Gasteiger partial charge on any atom is 0.270 e. The molecule has 0 aliphatic carbocycles. The van der Waals surface area contributed by atoms with Gasteiger partial charge >= 0.3 is 0 Å². The van der Waals surface area contributed by atoms with E-state index in [9.17, 15) is 18.5 Å². The van der Waals surface area contributed by atoms with Gasteiger partial charge in [-0.05, 0) is 18.2 Å². The second kappa shape index (κ2) is 6.97. The maximum atomic E-state index is 12.1. The molecule has 3 rings (SSSR count). The number of aromatic nitrogens is 1. The molecular weight excluding hydrogens is 348 g/mol. The van der Waals surface area contributed by atoms with Gasteiger partial charge in [0.15, 0.2) is 11.5 Å². The number of nitrogens with one attached hydrogen (secondary N) is 2. The first-order chi connectivity index (χ1) is 12.0. The van der Waals surface area contributed by atoms with Crippen molar-refractivity contribution in [1.82, 2.24) is 15.2 Å². The van der Waals surface area contributed by atoms with E-state index in [1.165, 1.54) is 18.2 Å². The molecule has 0 fully saturated rings. The number of hydrogen-bond acceptors (Lipinski definition) is 7. The molecule has 1 aromatic heterocycles. The number of hydrazine groups is 1. The van der Waals surface area contributed by atoms with Crippen molar-refractivity contribution < 1.29 is 17.8 Å². The van der Waals surface area contributed by atoms with E-state index in [1.807, 2.05) is 18.2 Å². The van der Waals surface area contributed by atoms with Crippen molar-refractivity contribution in [3.05, 3.63) is 64.5 Å². The van der Waals surface area contributed by atoms with Crippen LogP contribution in [0.5, 0.6) is 0 Å². The van der Waals surface area contributed by atoms with Crippen LogP contribution in [-0.2, 0) is 16.4 Å². The Hall–Kier alpha value is -2.82. The van der Waals surface area contributed by atoms with E-state index in [0.29, 0.717) is 17.9 Å². The Kier molecular flexibility index (Phi) is 4.74. The van der Waals surface area contributed by atoms with E-state index >= 15 is 0 Å². The Morgan fingerprint density at radius 3 is 2.72 bits per heavy atom. The van der Waals surface area contributed by atoms with Crippen molar-refractivity contribution >= 4 is 26.8 Å². The highest BCUT2D eigenvalue weighted by Gasteiger charge is 2.17. The highest BCUT2D eigenvalue weighted by Crippen LogP contribution is 2.17. The number of hydrogen-bond donors (Lipinski definition) is 2. The molecule has 0 unspecified atom stereocenters. The minimum absolute atomic E-state index is 0.198. The predicted octanol–water partition coefficient (Wildman–Crippen LogP) is 1.76. The Bertz CT molecular complexity index is 982. The third-order valence-electron chi connectivity index (χ3n) is 3.35. The van der Waals surface area contributed by atoms with Crippen molar-refractivity contribution in [2.45, 2.75) is 11.3 Å². The van der Waals surface area contributed by atoms with Crippen molar-refractivity contribution in [2.75, 3.05) is 6.54 Å². The molecule has 9 nitrogen and oxygen atoms in total. The van der Waals surface area contributed by atoms with Crippen LogP contribution < -0.4 is 10.3 Å². The van der Waals surface area contributed by atoms with Crippen LogP contribution in [-0.4, -0.2) is 24.9 Å². The van der Waals surface area contributed by atoms with Gasteiger partial charge in [-0.1, -0.05) is 18.2 Å². The van der Waals surface area contributed by atoms with Gasteiger partial charge in [0.2, 0.25) is 0 Å². The molecule has 0 amide bonds. The summed E-state index contributed by atoms with van der Waals surface area (Å²) >= 11 is 0. The molecule has 2 N–H and O–H groups in total. The monoisotopic (exact) mass is 362 g/mol. The van der Waals surface area contributed by atoms with E-state index in [1.54, 1.807) is 6.07 Å². The number of para-hydroxylation sites is 2. The first-order valence-electron chi connectivity index (χ1n) is 7.29. The molecule has 0 bridgehead atoms. The molecule has 10 heteroatoms. The summed E-state index contributed by atoms with van der Waals surface area (Å²) in [7, 11) is -3.91. The zero-order valence-corrected chi connectivity index (χ0v) is 13.7. The van der Waals surface area contributed by atoms with Gasteiger partial charge < -0.3 is 4.42 Å². The second-order valence-electron chi connectivity index (χ2n) is 5.11. The van der Waals surface area contributed by atoms with Crippen molar-refractivity contribution in [2.24, 2.45) is 0 Å². The van der Waals surface area contributed by atoms with Gasteiger partial charge in [0.05, 0.1) is 9.82 Å². The standard InChI is InChI=1S/C15H14N4O5S/c20-19(21)11-4-3-5-12(10-11)25(22,23)18-16-9-8-15-17-13-6-1-2-7-14(13)24-15/h1-7,10,16,18H,8-9H2. The average Bonchev–Trinajstić information content (AvgIpc) is 3.01. The Labute approximate surface area is 142 Å². The predicted molar refractivity (Wildman–Crippen MR) is 89.1 cm³/mol. The maximum absolute atomic E-state index is 12.1. The van der Waals surface area contributed by atoms with Crippen LogP contribution in [0.1, 0.15) is 5.89 Å². The molecule has 0 spiro atoms. The Morgan fingerprint density at radius 2 is 1.96 bits per heavy atom. The summed E-state index contributed by atoms with van der Waals surface area (Å²) in [5.41, 5.74) is 3.65. The number of fused-ring (bicyclic) bond motifs is 1. The Balaban J connectivity index is 1.59. The second-order valence-corrected chi connectivity index (χ2v) is 6.79. The van der Waals surface area contributed by atoms with Gasteiger partial charge in [0.1, 0.15) is 5.52 Å². The topological polar surface area (TPSA) is 127 Å². The molecule has 2 aromatic carbocycles. The van der Waals surface area contributed by atoms with Gasteiger partial charge in [0.25, 0.3) is 15.7 Å². The molecule has 25 heavy (non-hydrogen) atoms. The summed E-state index contributed by atoms with van der Waals surface area (Å²) in [6, 6.07) is 12.1. The van der Waals surface area contributed by atoms with Crippen molar-refractivity contribution in [3.63, 3.8) is 0 Å². The number of sulfonamides is 1. The SMILES string of the molecule is O=[N+]([O-])c1cccc(S(=O)(=O)NNCCc2nc3ccccc3o2)c1. The molecule has 0 aliphatic heterocycles. The molecule has 0 atom stereocenters. The number of nitrogens with zero attached hydrogens (tertiary/aromatic N) is 2. The lowest BCUT2D eigenvalue weighted by atomic mass is 10.3. The first kappa shape index (κ1) is 17.0. The number of nitro benzene ring substituents is 1. The lowest BCUT2D eigenvalue weighted by molar-refractivity contribution is -0.385. The minimum Gasteiger partial charge on any atom is -0.441 e. The Morgan fingerprint density at radius 1 is 1.16 bits per heavy atom. The zero-order chi connectivity index (χ0) is 17.9. The van der Waals surface area contributed by atoms with Crippen LogP contribution in [0.15, 0.2) is 57.8 Å². The van der Waals surface area contributed by atoms with Crippen LogP contribution in [0.25, 0.3) is 11.1 Å². The minimum atomic E-state index is -3.91. The van der Waals surface area contributed by atoms with Gasteiger partial charge in [-0.25, -0.2) is 18.8 Å². The summed E-state index contributed by atoms with van der Waals surface area (Å²) in [6.45, 7) is 0.237. The lowest BCUT2D eigenvalue weighted by Gasteiger charge is -2.07. The molecule has 0 radical (unpaired) electrons. The van der Waals surface area contributed by atoms with E-state index in [0.717, 1.165) is 11.6 Å². The van der Waals surface area contributed by atoms with Crippen molar-refractivity contribution in [1.29, 1.82) is 0 Å². The first-order valence-corrected chi connectivity index (χ1v) is 8.77. The summed E-state index contributed by atoms with van der Waals surface area (Å²) in [5, 5.41) is 10.7. The number of oxazole rings is 1. The summed E-state index contributed by atoms with van der Waals surface area (Å²) in [6.07, 6.45) is 0.367. The highest BCUT2D eigenvalue weighted by molar-refractivity contribution is 7.89. The van der Waals surface area contributed by atoms with Gasteiger partial charge in [-0.15, -0.1) is 4.83 Å². The third kappa shape index (κ3) is 3.99. The van der Waals surface area contributed by atoms with Gasteiger partial charge in [0, 0.05) is 25.1 Å². The molecule has 130 valence electrons. The van der Waals surface area contributed by atoms with Gasteiger partial charge in [-0.2, -0.15) is 0 Å². The van der Waals surface area contributed by atoms with Crippen LogP contribution in [0, 0.1) is 10.1 Å². The number of nitro groups is 1. The number of benzene rings is 2. The normalized spacial score (nSPS) is 11.7. The number of rotatable bonds is 7. The van der Waals surface area contributed by atoms with Gasteiger partial charge in [-0.3, -0.25) is 10.1 Å². The fraction of sp³-hybridized carbons (Fsp3) is 0.133. The van der Waals surface area contributed by atoms with Crippen molar-refractivity contribution in [3.8, 4) is 0 Å². The molecule has 0 saturated heterocycles. The average molecular weight is 362 g/mol. The van der Waals surface area contributed by atoms with E-state index in [2.05, 4.69) is 15.2 Å². The highest BCUT2D eigenvalue weighted by atomic mass is 32.2. The van der Waals surface area contributed by atoms with Crippen LogP contribution in [0.4, 0.5) is 5.69 Å². The molecule has 0 aliphatic rings. The summed E-state index contributed by atoms with van der Waals surface area (Å²) < 4.78 is 29.8. The van der Waals surface area contributed by atoms with E-state index < -0.39 is 14.9 Å². The molecule has 0 saturated carbocycles. The van der Waals surface area contributed by atoms with Crippen LogP contribution in [0.3, 0.4) is 0 Å². The molecular formula is C15H14N4O5S. The van der Waals surface area contributed by atoms with Crippen LogP contribution in [0.2, 0.25) is 0 Å². The fourth-order valence-electron chi connectivity index (χ4n) is 2.17. The molecule has 1 heterocycles. The van der Waals surface area contributed by atoms with Crippen LogP contribution >= 0.6 is 0 Å². The molecule has 3 aromatic rings. The zero-order valence-electron chi connectivity index (χ0n) is 12.9. The number of non-ortho nitro benzene ring substituents is 1. The van der Waals surface area contributed by atoms with E-state index in [-0.39, 0.29) is 17.1 Å². The summed E-state index contributed by atoms with van der Waals surface area (Å²) in [4.78, 5) is 16.3. The smallest absolute Gasteiger partial charge is 0.270 e. The largest absolute Gasteiger partial charge is 0.441 e. The summed E-state index contributed by atoms with van der Waals surface area (Å²) in [5.74, 6) is 0.475.